The molecule has 0 aliphatic heterocycles. The summed E-state index contributed by atoms with van der Waals surface area (Å²) in [6, 6.07) is 7.06. The van der Waals surface area contributed by atoms with Gasteiger partial charge in [-0.05, 0) is 26.0 Å². The Morgan fingerprint density at radius 1 is 1.21 bits per heavy atom. The predicted octanol–water partition coefficient (Wildman–Crippen LogP) is 1.59. The first-order valence-corrected chi connectivity index (χ1v) is 4.37. The molecule has 1 N–H and O–H groups in total. The quantitative estimate of drug-likeness (QED) is 0.741. The minimum atomic E-state index is 0.209. The number of aromatic nitrogens is 3. The van der Waals surface area contributed by atoms with Crippen LogP contribution >= 0.6 is 0 Å². The van der Waals surface area contributed by atoms with Crippen LogP contribution in [-0.4, -0.2) is 19.9 Å². The first kappa shape index (κ1) is 8.74. The van der Waals surface area contributed by atoms with Gasteiger partial charge in [0, 0.05) is 0 Å². The van der Waals surface area contributed by atoms with E-state index in [9.17, 15) is 5.11 Å². The summed E-state index contributed by atoms with van der Waals surface area (Å²) in [6.07, 6.45) is 0. The van der Waals surface area contributed by atoms with E-state index in [2.05, 4.69) is 10.1 Å². The fourth-order valence-electron chi connectivity index (χ4n) is 1.39. The first-order valence-electron chi connectivity index (χ1n) is 4.37. The van der Waals surface area contributed by atoms with Crippen LogP contribution in [0.1, 0.15) is 11.6 Å². The second-order valence-electron chi connectivity index (χ2n) is 3.11. The molecule has 0 fully saturated rings. The normalized spacial score (nSPS) is 10.4. The highest BCUT2D eigenvalue weighted by atomic mass is 16.3. The van der Waals surface area contributed by atoms with E-state index in [1.54, 1.807) is 22.9 Å². The van der Waals surface area contributed by atoms with E-state index < -0.39 is 0 Å². The Morgan fingerprint density at radius 2 is 1.93 bits per heavy atom. The minimum absolute atomic E-state index is 0.209. The molecule has 0 spiro atoms. The monoisotopic (exact) mass is 189 g/mol. The SMILES string of the molecule is Cc1nc(C)n(-c2ccccc2O)n1. The summed E-state index contributed by atoms with van der Waals surface area (Å²) in [5.74, 6) is 1.68. The Labute approximate surface area is 81.8 Å². The molecule has 4 nitrogen and oxygen atoms in total. The van der Waals surface area contributed by atoms with Gasteiger partial charge in [0.05, 0.1) is 0 Å². The van der Waals surface area contributed by atoms with Crippen LogP contribution in [-0.2, 0) is 0 Å². The van der Waals surface area contributed by atoms with Crippen LogP contribution in [0.25, 0.3) is 5.69 Å². The molecule has 0 bridgehead atoms. The number of para-hydroxylation sites is 2. The third-order valence-corrected chi connectivity index (χ3v) is 1.98. The van der Waals surface area contributed by atoms with Crippen molar-refractivity contribution in [1.29, 1.82) is 0 Å². The number of hydrogen-bond acceptors (Lipinski definition) is 3. The first-order chi connectivity index (χ1) is 6.68. The zero-order chi connectivity index (χ0) is 10.1. The Balaban J connectivity index is 2.60. The average molecular weight is 189 g/mol. The van der Waals surface area contributed by atoms with Gasteiger partial charge in [-0.2, -0.15) is 5.10 Å². The lowest BCUT2D eigenvalue weighted by Gasteiger charge is -2.04. The Hall–Kier alpha value is -1.84. The number of aryl methyl sites for hydroxylation is 2. The summed E-state index contributed by atoms with van der Waals surface area (Å²) in [6.45, 7) is 3.68. The molecule has 0 saturated carbocycles. The molecule has 2 rings (SSSR count). The second kappa shape index (κ2) is 3.14. The van der Waals surface area contributed by atoms with Crippen molar-refractivity contribution < 1.29 is 5.11 Å². The van der Waals surface area contributed by atoms with Crippen LogP contribution in [0.5, 0.6) is 5.75 Å². The van der Waals surface area contributed by atoms with Gasteiger partial charge in [-0.3, -0.25) is 0 Å². The van der Waals surface area contributed by atoms with Gasteiger partial charge in [-0.15, -0.1) is 0 Å². The number of phenols is 1. The maximum atomic E-state index is 9.61. The number of hydrogen-bond donors (Lipinski definition) is 1. The standard InChI is InChI=1S/C10H11N3O/c1-7-11-8(2)13(12-7)9-5-3-4-6-10(9)14/h3-6,14H,1-2H3. The fraction of sp³-hybridized carbons (Fsp3) is 0.200. The van der Waals surface area contributed by atoms with Gasteiger partial charge in [-0.25, -0.2) is 9.67 Å². The van der Waals surface area contributed by atoms with Crippen LogP contribution in [0.15, 0.2) is 24.3 Å². The predicted molar refractivity (Wildman–Crippen MR) is 52.5 cm³/mol. The van der Waals surface area contributed by atoms with Crippen molar-refractivity contribution in [3.05, 3.63) is 35.9 Å². The van der Waals surface area contributed by atoms with Crippen molar-refractivity contribution in [3.63, 3.8) is 0 Å². The van der Waals surface area contributed by atoms with E-state index in [-0.39, 0.29) is 5.75 Å². The number of aromatic hydroxyl groups is 1. The van der Waals surface area contributed by atoms with Crippen LogP contribution < -0.4 is 0 Å². The van der Waals surface area contributed by atoms with Gasteiger partial charge in [0.1, 0.15) is 23.1 Å². The summed E-state index contributed by atoms with van der Waals surface area (Å²) in [7, 11) is 0. The smallest absolute Gasteiger partial charge is 0.148 e. The molecule has 1 heterocycles. The molecule has 1 aromatic heterocycles. The highest BCUT2D eigenvalue weighted by Gasteiger charge is 2.07. The van der Waals surface area contributed by atoms with Gasteiger partial charge >= 0.3 is 0 Å². The Morgan fingerprint density at radius 3 is 2.50 bits per heavy atom. The van der Waals surface area contributed by atoms with Crippen molar-refractivity contribution >= 4 is 0 Å². The van der Waals surface area contributed by atoms with Gasteiger partial charge < -0.3 is 5.11 Å². The summed E-state index contributed by atoms with van der Waals surface area (Å²) < 4.78 is 1.63. The van der Waals surface area contributed by atoms with Crippen LogP contribution in [0.4, 0.5) is 0 Å². The lowest BCUT2D eigenvalue weighted by atomic mass is 10.3. The summed E-state index contributed by atoms with van der Waals surface area (Å²) in [5.41, 5.74) is 0.658. The molecular formula is C10H11N3O. The molecule has 0 aliphatic carbocycles. The summed E-state index contributed by atoms with van der Waals surface area (Å²) >= 11 is 0. The molecule has 0 aliphatic rings. The lowest BCUT2D eigenvalue weighted by molar-refractivity contribution is 0.470. The maximum absolute atomic E-state index is 9.61. The van der Waals surface area contributed by atoms with Gasteiger partial charge in [0.15, 0.2) is 0 Å². The molecule has 0 saturated heterocycles. The molecule has 72 valence electrons. The summed E-state index contributed by atoms with van der Waals surface area (Å²) in [5, 5.41) is 13.8. The van der Waals surface area contributed by atoms with E-state index in [0.717, 1.165) is 5.82 Å². The minimum Gasteiger partial charge on any atom is -0.506 e. The molecule has 2 aromatic rings. The molecular weight excluding hydrogens is 178 g/mol. The molecule has 4 heteroatoms. The van der Waals surface area contributed by atoms with E-state index in [4.69, 9.17) is 0 Å². The Kier molecular flexibility index (Phi) is 1.96. The number of rotatable bonds is 1. The zero-order valence-electron chi connectivity index (χ0n) is 8.10. The van der Waals surface area contributed by atoms with Crippen LogP contribution in [0.2, 0.25) is 0 Å². The highest BCUT2D eigenvalue weighted by Crippen LogP contribution is 2.20. The fourth-order valence-corrected chi connectivity index (χ4v) is 1.39. The lowest BCUT2D eigenvalue weighted by Crippen LogP contribution is -1.99. The molecule has 0 radical (unpaired) electrons. The van der Waals surface area contributed by atoms with Crippen molar-refractivity contribution in [2.45, 2.75) is 13.8 Å². The Bertz CT molecular complexity index is 462. The molecule has 0 unspecified atom stereocenters. The zero-order valence-corrected chi connectivity index (χ0v) is 8.10. The average Bonchev–Trinajstić information content (AvgIpc) is 2.46. The third kappa shape index (κ3) is 1.35. The largest absolute Gasteiger partial charge is 0.506 e. The topological polar surface area (TPSA) is 50.9 Å². The van der Waals surface area contributed by atoms with Gasteiger partial charge in [0.25, 0.3) is 0 Å². The molecule has 0 atom stereocenters. The van der Waals surface area contributed by atoms with E-state index in [1.165, 1.54) is 0 Å². The van der Waals surface area contributed by atoms with Crippen molar-refractivity contribution in [2.24, 2.45) is 0 Å². The highest BCUT2D eigenvalue weighted by molar-refractivity contribution is 5.45. The molecule has 14 heavy (non-hydrogen) atoms. The number of benzene rings is 1. The van der Waals surface area contributed by atoms with Crippen molar-refractivity contribution in [2.75, 3.05) is 0 Å². The van der Waals surface area contributed by atoms with E-state index in [0.29, 0.717) is 11.5 Å². The van der Waals surface area contributed by atoms with Gasteiger partial charge in [-0.1, -0.05) is 12.1 Å². The van der Waals surface area contributed by atoms with E-state index >= 15 is 0 Å². The van der Waals surface area contributed by atoms with Crippen molar-refractivity contribution in [1.82, 2.24) is 14.8 Å². The molecule has 1 aromatic carbocycles. The molecule has 0 amide bonds. The van der Waals surface area contributed by atoms with E-state index in [1.807, 2.05) is 19.9 Å². The summed E-state index contributed by atoms with van der Waals surface area (Å²) in [4.78, 5) is 4.17. The van der Waals surface area contributed by atoms with Crippen LogP contribution in [0, 0.1) is 13.8 Å². The van der Waals surface area contributed by atoms with Gasteiger partial charge in [0.2, 0.25) is 0 Å². The van der Waals surface area contributed by atoms with Crippen LogP contribution in [0.3, 0.4) is 0 Å². The van der Waals surface area contributed by atoms with Crippen molar-refractivity contribution in [3.8, 4) is 11.4 Å². The maximum Gasteiger partial charge on any atom is 0.148 e. The number of phenolic OH excluding ortho intramolecular Hbond substituents is 1. The number of nitrogens with zero attached hydrogens (tertiary/aromatic N) is 3. The third-order valence-electron chi connectivity index (χ3n) is 1.98. The second-order valence-corrected chi connectivity index (χ2v) is 3.11.